The Labute approximate surface area is 548 Å². The zero-order valence-electron chi connectivity index (χ0n) is 59.9. The molecule has 1 aliphatic rings. The van der Waals surface area contributed by atoms with Crippen LogP contribution < -0.4 is 21.3 Å². The van der Waals surface area contributed by atoms with Gasteiger partial charge in [0, 0.05) is 68.3 Å². The van der Waals surface area contributed by atoms with E-state index in [-0.39, 0.29) is 75.4 Å². The third kappa shape index (κ3) is 22.5. The summed E-state index contributed by atoms with van der Waals surface area (Å²) in [6.45, 7) is 29.9. The molecule has 0 unspecified atom stereocenters. The first-order chi connectivity index (χ1) is 42.7. The van der Waals surface area contributed by atoms with Crippen LogP contribution in [0.4, 0.5) is 0 Å². The average molecular weight is 1300 g/mol. The fourth-order valence-electron chi connectivity index (χ4n) is 11.5. The Morgan fingerprint density at radius 1 is 0.457 bits per heavy atom. The standard InChI is InChI=1S/C67H116N12O13/c1-25-48-63(87)73(18)46(17)62(86)74(19)50(33-38(4)5)59(83)72-53(41(10)11)66(90)75(20)49(32-37(2)3)58(82)69-44(15)57(81)70-45(16)61(85)76(21)51(34-39(6)7)64(88)77(22)52(35-40(8)9)65(89)78(23)54(42(12)13)67(91)79(24)55(60(84)71-48)56(80)43(14)28-31-92-36-47-26-29-68-30-27-47/h26-27,29-30,37-46,48-56,80H,25,28,31-36H2,1-24H3,(H,69,82)(H,70,81)(H,71,84)(H,72,83)/t43-,44+,45-,46-,48+,49+,50+,51+,52+,53+,54+,55-,56-/m1/s1. The Morgan fingerprint density at radius 2 is 0.880 bits per heavy atom. The van der Waals surface area contributed by atoms with Crippen molar-refractivity contribution in [3.63, 3.8) is 0 Å². The number of aromatic nitrogens is 1. The molecule has 13 atom stereocenters. The van der Waals surface area contributed by atoms with Crippen molar-refractivity contribution in [2.24, 2.45) is 41.4 Å². The number of ether oxygens (including phenoxy) is 1. The minimum absolute atomic E-state index is 0.00789. The molecule has 25 heteroatoms. The highest BCUT2D eigenvalue weighted by Gasteiger charge is 2.46. The van der Waals surface area contributed by atoms with Gasteiger partial charge in [-0.3, -0.25) is 57.7 Å². The number of nitrogens with one attached hydrogen (secondary N) is 4. The van der Waals surface area contributed by atoms with Gasteiger partial charge in [-0.05, 0) is 118 Å². The minimum atomic E-state index is -1.68. The molecular weight excluding hydrogens is 1180 g/mol. The molecule has 92 heavy (non-hydrogen) atoms. The maximum atomic E-state index is 15.4. The number of likely N-dealkylation sites (N-methyl/N-ethyl adjacent to an activating group) is 7. The Kier molecular flexibility index (Phi) is 32.9. The Balaban J connectivity index is 2.99. The van der Waals surface area contributed by atoms with Crippen LogP contribution in [0.1, 0.15) is 162 Å². The molecule has 1 saturated heterocycles. The number of pyridine rings is 1. The summed E-state index contributed by atoms with van der Waals surface area (Å²) in [7, 11) is 9.92. The lowest BCUT2D eigenvalue weighted by Gasteiger charge is -2.41. The second kappa shape index (κ2) is 37.2. The molecule has 1 aromatic heterocycles. The van der Waals surface area contributed by atoms with E-state index in [1.807, 2.05) is 55.4 Å². The molecule has 0 spiro atoms. The summed E-state index contributed by atoms with van der Waals surface area (Å²) < 4.78 is 5.95. The van der Waals surface area contributed by atoms with Crippen LogP contribution in [-0.2, 0) is 64.1 Å². The monoisotopic (exact) mass is 1300 g/mol. The summed E-state index contributed by atoms with van der Waals surface area (Å²) in [5.41, 5.74) is 0.861. The van der Waals surface area contributed by atoms with Gasteiger partial charge in [0.25, 0.3) is 0 Å². The van der Waals surface area contributed by atoms with Crippen LogP contribution in [0.15, 0.2) is 24.5 Å². The number of aliphatic hydroxyl groups is 1. The lowest BCUT2D eigenvalue weighted by Crippen LogP contribution is -2.64. The Hall–Kier alpha value is -6.76. The van der Waals surface area contributed by atoms with E-state index in [1.54, 1.807) is 66.1 Å². The largest absolute Gasteiger partial charge is 0.390 e. The quantitative estimate of drug-likeness (QED) is 0.131. The molecule has 0 aliphatic carbocycles. The van der Waals surface area contributed by atoms with Gasteiger partial charge in [-0.1, -0.05) is 96.9 Å². The van der Waals surface area contributed by atoms with Crippen molar-refractivity contribution < 1.29 is 62.6 Å². The number of aliphatic hydroxyl groups excluding tert-OH is 1. The molecule has 1 aromatic rings. The topological polar surface area (TPSA) is 301 Å². The number of carbonyl (C=O) groups excluding carboxylic acids is 11. The maximum absolute atomic E-state index is 15.4. The van der Waals surface area contributed by atoms with Gasteiger partial charge in [0.05, 0.1) is 12.7 Å². The summed E-state index contributed by atoms with van der Waals surface area (Å²) in [5, 5.41) is 23.4. The molecular formula is C67H116N12O13. The molecule has 1 fully saturated rings. The van der Waals surface area contributed by atoms with Gasteiger partial charge in [-0.2, -0.15) is 0 Å². The van der Waals surface area contributed by atoms with Gasteiger partial charge in [-0.25, -0.2) is 0 Å². The van der Waals surface area contributed by atoms with Crippen LogP contribution in [-0.4, -0.2) is 238 Å². The zero-order valence-corrected chi connectivity index (χ0v) is 59.9. The van der Waals surface area contributed by atoms with Crippen molar-refractivity contribution in [2.45, 2.75) is 235 Å². The van der Waals surface area contributed by atoms with E-state index in [1.165, 1.54) is 94.6 Å². The third-order valence-electron chi connectivity index (χ3n) is 17.6. The summed E-state index contributed by atoms with van der Waals surface area (Å²) in [6.07, 6.45) is 2.46. The molecule has 11 amide bonds. The molecule has 25 nitrogen and oxygen atoms in total. The number of rotatable bonds is 18. The fourth-order valence-corrected chi connectivity index (χ4v) is 11.5. The van der Waals surface area contributed by atoms with Crippen LogP contribution in [0.5, 0.6) is 0 Å². The van der Waals surface area contributed by atoms with Crippen molar-refractivity contribution in [1.29, 1.82) is 0 Å². The third-order valence-corrected chi connectivity index (χ3v) is 17.6. The molecule has 0 aromatic carbocycles. The molecule has 2 rings (SSSR count). The molecule has 2 heterocycles. The van der Waals surface area contributed by atoms with Gasteiger partial charge in [0.15, 0.2) is 0 Å². The number of nitrogens with zero attached hydrogens (tertiary/aromatic N) is 8. The van der Waals surface area contributed by atoms with E-state index in [0.29, 0.717) is 0 Å². The average Bonchev–Trinajstić information content (AvgIpc) is 0.824. The highest BCUT2D eigenvalue weighted by atomic mass is 16.5. The number of carbonyl (C=O) groups is 11. The van der Waals surface area contributed by atoms with Crippen LogP contribution in [0, 0.1) is 41.4 Å². The van der Waals surface area contributed by atoms with E-state index in [2.05, 4.69) is 26.3 Å². The first-order valence-corrected chi connectivity index (χ1v) is 32.9. The molecule has 522 valence electrons. The highest BCUT2D eigenvalue weighted by Crippen LogP contribution is 2.26. The summed E-state index contributed by atoms with van der Waals surface area (Å²) in [4.78, 5) is 175. The first-order valence-electron chi connectivity index (χ1n) is 32.9. The zero-order chi connectivity index (χ0) is 70.7. The van der Waals surface area contributed by atoms with E-state index in [4.69, 9.17) is 4.74 Å². The second-order valence-electron chi connectivity index (χ2n) is 27.9. The number of hydrogen-bond donors (Lipinski definition) is 5. The SMILES string of the molecule is CC[C@@H]1NC(=O)[C@@H]([C@H](O)[C@H](C)CCOCc2ccncc2)N(C)C(=O)[C@H](C(C)C)N(C)C(=O)[C@H](CC(C)C)N(C)C(=O)[C@H](CC(C)C)N(C)C(=O)[C@@H](C)NC(=O)[C@H](C)NC(=O)[C@H](CC(C)C)N(C)C(=O)[C@H](C(C)C)NC(=O)[C@H](CC(C)C)N(C)C(=O)[C@@H](C)N(C)C1=O. The Morgan fingerprint density at radius 3 is 1.35 bits per heavy atom. The summed E-state index contributed by atoms with van der Waals surface area (Å²) >= 11 is 0. The van der Waals surface area contributed by atoms with Crippen LogP contribution >= 0.6 is 0 Å². The van der Waals surface area contributed by atoms with Crippen molar-refractivity contribution in [3.8, 4) is 0 Å². The maximum Gasteiger partial charge on any atom is 0.246 e. The fraction of sp³-hybridized carbons (Fsp3) is 0.761. The van der Waals surface area contributed by atoms with Crippen LogP contribution in [0.2, 0.25) is 0 Å². The van der Waals surface area contributed by atoms with Crippen molar-refractivity contribution in [3.05, 3.63) is 30.1 Å². The molecule has 5 N–H and O–H groups in total. The van der Waals surface area contributed by atoms with E-state index >= 15 is 19.2 Å². The highest BCUT2D eigenvalue weighted by molar-refractivity contribution is 6.00. The molecule has 0 radical (unpaired) electrons. The number of hydrogen-bond acceptors (Lipinski definition) is 14. The van der Waals surface area contributed by atoms with E-state index < -0.39 is 155 Å². The minimum Gasteiger partial charge on any atom is -0.390 e. The summed E-state index contributed by atoms with van der Waals surface area (Å²) in [5.74, 6) is -10.1. The van der Waals surface area contributed by atoms with Crippen molar-refractivity contribution in [1.82, 2.24) is 60.6 Å². The van der Waals surface area contributed by atoms with E-state index in [0.717, 1.165) is 15.4 Å². The van der Waals surface area contributed by atoms with Gasteiger partial charge in [0.2, 0.25) is 65.0 Å². The first kappa shape index (κ1) is 81.3. The normalized spacial score (nSPS) is 26.4. The van der Waals surface area contributed by atoms with Gasteiger partial charge >= 0.3 is 0 Å². The van der Waals surface area contributed by atoms with E-state index in [9.17, 15) is 38.7 Å². The van der Waals surface area contributed by atoms with Crippen LogP contribution in [0.25, 0.3) is 0 Å². The summed E-state index contributed by atoms with van der Waals surface area (Å²) in [6, 6.07) is -10.2. The van der Waals surface area contributed by atoms with Crippen molar-refractivity contribution in [2.75, 3.05) is 55.9 Å². The van der Waals surface area contributed by atoms with Gasteiger partial charge < -0.3 is 65.4 Å². The second-order valence-corrected chi connectivity index (χ2v) is 27.9. The van der Waals surface area contributed by atoms with Crippen LogP contribution in [0.3, 0.4) is 0 Å². The Bertz CT molecular complexity index is 2640. The van der Waals surface area contributed by atoms with Crippen molar-refractivity contribution >= 4 is 65.0 Å². The molecule has 0 bridgehead atoms. The lowest BCUT2D eigenvalue weighted by atomic mass is 9.91. The predicted octanol–water partition coefficient (Wildman–Crippen LogP) is 3.69. The van der Waals surface area contributed by atoms with Gasteiger partial charge in [0.1, 0.15) is 66.5 Å². The van der Waals surface area contributed by atoms with Gasteiger partial charge in [-0.15, -0.1) is 0 Å². The lowest BCUT2D eigenvalue weighted by molar-refractivity contribution is -0.157. The predicted molar refractivity (Wildman–Crippen MR) is 352 cm³/mol. The number of amides is 11. The molecule has 1 aliphatic heterocycles. The smallest absolute Gasteiger partial charge is 0.246 e. The molecule has 0 saturated carbocycles.